The minimum Gasteiger partial charge on any atom is -0.234 e. The molecule has 16 heavy (non-hydrogen) atoms. The molecule has 83 valence electrons. The lowest BCUT2D eigenvalue weighted by atomic mass is 10.1. The predicted octanol–water partition coefficient (Wildman–Crippen LogP) is 3.18. The maximum Gasteiger partial charge on any atom is 0.434 e. The molecule has 2 nitrogen and oxygen atoms in total. The molecule has 0 amide bonds. The summed E-state index contributed by atoms with van der Waals surface area (Å²) in [6.45, 7) is 0. The van der Waals surface area contributed by atoms with Gasteiger partial charge in [-0.2, -0.15) is 13.2 Å². The first-order chi connectivity index (χ1) is 7.47. The minimum atomic E-state index is -4.46. The fourth-order valence-electron chi connectivity index (χ4n) is 1.17. The maximum atomic E-state index is 12.3. The second kappa shape index (κ2) is 3.90. The van der Waals surface area contributed by atoms with Gasteiger partial charge in [-0.25, -0.2) is 9.98 Å². The molecule has 0 atom stereocenters. The third kappa shape index (κ3) is 2.24. The van der Waals surface area contributed by atoms with Crippen molar-refractivity contribution in [1.82, 2.24) is 0 Å². The SMILES string of the molecule is FC(F)(F)C1=NC(=C2C=C[C](Cl)C=C2)N=C1. The molecule has 0 N–H and O–H groups in total. The van der Waals surface area contributed by atoms with Gasteiger partial charge in [0.1, 0.15) is 5.38 Å². The molecule has 0 spiro atoms. The van der Waals surface area contributed by atoms with E-state index in [-0.39, 0.29) is 5.82 Å². The van der Waals surface area contributed by atoms with Crippen molar-refractivity contribution in [3.05, 3.63) is 41.1 Å². The number of hydrogen-bond donors (Lipinski definition) is 0. The minimum absolute atomic E-state index is 0.0454. The van der Waals surface area contributed by atoms with Gasteiger partial charge < -0.3 is 0 Å². The van der Waals surface area contributed by atoms with Crippen molar-refractivity contribution < 1.29 is 13.2 Å². The van der Waals surface area contributed by atoms with Gasteiger partial charge in [0.15, 0.2) is 11.5 Å². The van der Waals surface area contributed by atoms with Gasteiger partial charge in [0.25, 0.3) is 0 Å². The first-order valence-corrected chi connectivity index (χ1v) is 4.67. The molecule has 0 aromatic heterocycles. The van der Waals surface area contributed by atoms with Gasteiger partial charge in [-0.1, -0.05) is 24.3 Å². The van der Waals surface area contributed by atoms with Gasteiger partial charge in [0, 0.05) is 5.57 Å². The van der Waals surface area contributed by atoms with E-state index in [1.807, 2.05) is 0 Å². The number of hydrogen-bond acceptors (Lipinski definition) is 2. The second-order valence-electron chi connectivity index (χ2n) is 3.08. The molecular weight excluding hydrogens is 241 g/mol. The van der Waals surface area contributed by atoms with E-state index >= 15 is 0 Å². The van der Waals surface area contributed by atoms with Crippen LogP contribution in [0.25, 0.3) is 0 Å². The number of halogens is 4. The Labute approximate surface area is 94.5 Å². The summed E-state index contributed by atoms with van der Waals surface area (Å²) in [5, 5.41) is 0.506. The molecule has 0 fully saturated rings. The average molecular weight is 246 g/mol. The Morgan fingerprint density at radius 1 is 1.06 bits per heavy atom. The maximum absolute atomic E-state index is 12.3. The Hall–Kier alpha value is -1.36. The highest BCUT2D eigenvalue weighted by Crippen LogP contribution is 2.26. The zero-order valence-electron chi connectivity index (χ0n) is 7.79. The van der Waals surface area contributed by atoms with Gasteiger partial charge >= 0.3 is 6.18 Å². The van der Waals surface area contributed by atoms with Crippen LogP contribution < -0.4 is 0 Å². The van der Waals surface area contributed by atoms with Crippen LogP contribution in [0.3, 0.4) is 0 Å². The highest BCUT2D eigenvalue weighted by molar-refractivity contribution is 6.35. The number of rotatable bonds is 0. The summed E-state index contributed by atoms with van der Waals surface area (Å²) in [5.41, 5.74) is -0.489. The van der Waals surface area contributed by atoms with Crippen LogP contribution in [0.2, 0.25) is 0 Å². The van der Waals surface area contributed by atoms with Crippen LogP contribution in [-0.2, 0) is 0 Å². The van der Waals surface area contributed by atoms with Crippen LogP contribution in [0.1, 0.15) is 0 Å². The lowest BCUT2D eigenvalue weighted by Gasteiger charge is -2.04. The second-order valence-corrected chi connectivity index (χ2v) is 3.52. The first-order valence-electron chi connectivity index (χ1n) is 4.29. The molecule has 6 heteroatoms. The molecular formula is C10H5ClF3N2. The summed E-state index contributed by atoms with van der Waals surface area (Å²) >= 11 is 5.66. The monoisotopic (exact) mass is 245 g/mol. The van der Waals surface area contributed by atoms with Crippen molar-refractivity contribution in [2.24, 2.45) is 9.98 Å². The van der Waals surface area contributed by atoms with Crippen molar-refractivity contribution in [2.75, 3.05) is 0 Å². The van der Waals surface area contributed by atoms with Gasteiger partial charge in [-0.3, -0.25) is 0 Å². The number of aliphatic imine (C=N–C) groups is 2. The summed E-state index contributed by atoms with van der Waals surface area (Å²) in [4.78, 5) is 7.01. The standard InChI is InChI=1S/C10H5ClF3N2/c11-7-3-1-6(2-4-7)9-15-5-8(16-9)10(12,13)14/h1-5H. The largest absolute Gasteiger partial charge is 0.434 e. The highest BCUT2D eigenvalue weighted by Gasteiger charge is 2.36. The van der Waals surface area contributed by atoms with Crippen molar-refractivity contribution in [1.29, 1.82) is 0 Å². The van der Waals surface area contributed by atoms with E-state index in [1.54, 1.807) is 24.3 Å². The quantitative estimate of drug-likeness (QED) is 0.626. The lowest BCUT2D eigenvalue weighted by molar-refractivity contribution is -0.0562. The fourth-order valence-corrected chi connectivity index (χ4v) is 1.29. The molecule has 0 saturated heterocycles. The van der Waals surface area contributed by atoms with Gasteiger partial charge in [0.2, 0.25) is 0 Å². The van der Waals surface area contributed by atoms with Crippen LogP contribution in [0.15, 0.2) is 45.7 Å². The summed E-state index contributed by atoms with van der Waals surface area (Å²) in [6.07, 6.45) is 2.53. The van der Waals surface area contributed by atoms with Crippen LogP contribution >= 0.6 is 11.6 Å². The zero-order valence-corrected chi connectivity index (χ0v) is 8.55. The van der Waals surface area contributed by atoms with E-state index in [1.165, 1.54) is 0 Å². The Morgan fingerprint density at radius 2 is 1.69 bits per heavy atom. The number of nitrogens with zero attached hydrogens (tertiary/aromatic N) is 2. The lowest BCUT2D eigenvalue weighted by Crippen LogP contribution is -2.22. The Bertz CT molecular complexity index is 439. The van der Waals surface area contributed by atoms with E-state index in [9.17, 15) is 13.2 Å². The van der Waals surface area contributed by atoms with Crippen LogP contribution in [0, 0.1) is 5.38 Å². The molecule has 0 saturated carbocycles. The van der Waals surface area contributed by atoms with Gasteiger partial charge in [-0.15, -0.1) is 11.6 Å². The number of alkyl halides is 3. The van der Waals surface area contributed by atoms with Crippen molar-refractivity contribution in [3.8, 4) is 0 Å². The Kier molecular flexibility index (Phi) is 2.71. The third-order valence-electron chi connectivity index (χ3n) is 1.93. The molecule has 0 aromatic rings. The van der Waals surface area contributed by atoms with E-state index < -0.39 is 11.9 Å². The van der Waals surface area contributed by atoms with Crippen molar-refractivity contribution >= 4 is 23.5 Å². The van der Waals surface area contributed by atoms with Crippen molar-refractivity contribution in [3.63, 3.8) is 0 Å². The van der Waals surface area contributed by atoms with Crippen molar-refractivity contribution in [2.45, 2.75) is 6.18 Å². The molecule has 1 aliphatic carbocycles. The Balaban J connectivity index is 2.31. The van der Waals surface area contributed by atoms with E-state index in [4.69, 9.17) is 11.6 Å². The van der Waals surface area contributed by atoms with Crippen LogP contribution in [0.5, 0.6) is 0 Å². The molecule has 1 radical (unpaired) electrons. The van der Waals surface area contributed by atoms with E-state index in [2.05, 4.69) is 9.98 Å². The topological polar surface area (TPSA) is 24.7 Å². The highest BCUT2D eigenvalue weighted by atomic mass is 35.5. The van der Waals surface area contributed by atoms with Gasteiger partial charge in [0.05, 0.1) is 6.21 Å². The average Bonchev–Trinajstić information content (AvgIpc) is 2.67. The van der Waals surface area contributed by atoms with Crippen LogP contribution in [-0.4, -0.2) is 18.1 Å². The Morgan fingerprint density at radius 3 is 2.19 bits per heavy atom. The van der Waals surface area contributed by atoms with Crippen LogP contribution in [0.4, 0.5) is 13.2 Å². The summed E-state index contributed by atoms with van der Waals surface area (Å²) in [7, 11) is 0. The summed E-state index contributed by atoms with van der Waals surface area (Å²) in [5.74, 6) is 0.0454. The van der Waals surface area contributed by atoms with E-state index in [0.717, 1.165) is 0 Å². The van der Waals surface area contributed by atoms with E-state index in [0.29, 0.717) is 17.2 Å². The molecule has 2 rings (SSSR count). The predicted molar refractivity (Wildman–Crippen MR) is 56.4 cm³/mol. The summed E-state index contributed by atoms with van der Waals surface area (Å²) in [6, 6.07) is 0. The molecule has 0 aromatic carbocycles. The fraction of sp³-hybridized carbons (Fsp3) is 0.100. The zero-order chi connectivity index (χ0) is 11.8. The molecule has 1 heterocycles. The molecule has 0 bridgehead atoms. The number of allylic oxidation sites excluding steroid dienone is 5. The molecule has 0 unspecified atom stereocenters. The first kappa shape index (κ1) is 11.1. The normalized spacial score (nSPS) is 20.9. The smallest absolute Gasteiger partial charge is 0.234 e. The molecule has 1 aliphatic heterocycles. The third-order valence-corrected chi connectivity index (χ3v) is 2.18. The summed E-state index contributed by atoms with van der Waals surface area (Å²) < 4.78 is 36.8. The van der Waals surface area contributed by atoms with Gasteiger partial charge in [-0.05, 0) is 0 Å². The molecule has 2 aliphatic rings.